The summed E-state index contributed by atoms with van der Waals surface area (Å²) in [6.45, 7) is 7.39. The van der Waals surface area contributed by atoms with E-state index < -0.39 is 0 Å². The SMILES string of the molecule is C=CCN1CC2C(C1=O)C2(C)c1cccc(N)c1. The second kappa shape index (κ2) is 3.61. The molecule has 0 radical (unpaired) electrons. The van der Waals surface area contributed by atoms with E-state index in [0.717, 1.165) is 12.2 Å². The van der Waals surface area contributed by atoms with Crippen LogP contribution < -0.4 is 5.73 Å². The van der Waals surface area contributed by atoms with Crippen LogP contribution in [0.15, 0.2) is 36.9 Å². The summed E-state index contributed by atoms with van der Waals surface area (Å²) < 4.78 is 0. The lowest BCUT2D eigenvalue weighted by molar-refractivity contribution is -0.130. The number of piperidine rings is 1. The predicted octanol–water partition coefficient (Wildman–Crippen LogP) is 1.80. The Kier molecular flexibility index (Phi) is 2.27. The first-order valence-corrected chi connectivity index (χ1v) is 6.34. The van der Waals surface area contributed by atoms with Gasteiger partial charge in [0.25, 0.3) is 0 Å². The van der Waals surface area contributed by atoms with Gasteiger partial charge >= 0.3 is 0 Å². The number of fused-ring (bicyclic) bond motifs is 1. The van der Waals surface area contributed by atoms with Gasteiger partial charge in [-0.25, -0.2) is 0 Å². The first-order valence-electron chi connectivity index (χ1n) is 6.34. The number of hydrogen-bond donors (Lipinski definition) is 1. The first kappa shape index (κ1) is 11.3. The summed E-state index contributed by atoms with van der Waals surface area (Å²) in [5.41, 5.74) is 7.80. The summed E-state index contributed by atoms with van der Waals surface area (Å²) in [6.07, 6.45) is 1.79. The number of hydrogen-bond acceptors (Lipinski definition) is 2. The van der Waals surface area contributed by atoms with Crippen molar-refractivity contribution in [3.8, 4) is 0 Å². The van der Waals surface area contributed by atoms with E-state index in [-0.39, 0.29) is 17.2 Å². The largest absolute Gasteiger partial charge is 0.399 e. The maximum Gasteiger partial charge on any atom is 0.227 e. The normalized spacial score (nSPS) is 33.4. The van der Waals surface area contributed by atoms with Crippen LogP contribution in [0.5, 0.6) is 0 Å². The summed E-state index contributed by atoms with van der Waals surface area (Å²) in [4.78, 5) is 14.2. The molecule has 1 saturated carbocycles. The molecule has 0 bridgehead atoms. The quantitative estimate of drug-likeness (QED) is 0.649. The summed E-state index contributed by atoms with van der Waals surface area (Å²) in [5, 5.41) is 0. The van der Waals surface area contributed by atoms with Crippen molar-refractivity contribution in [3.05, 3.63) is 42.5 Å². The number of carbonyl (C=O) groups is 1. The number of rotatable bonds is 3. The zero-order valence-corrected chi connectivity index (χ0v) is 10.6. The Labute approximate surface area is 107 Å². The molecule has 0 aromatic heterocycles. The molecule has 18 heavy (non-hydrogen) atoms. The molecule has 1 aromatic carbocycles. The third-order valence-electron chi connectivity index (χ3n) is 4.56. The number of nitrogens with zero attached hydrogens (tertiary/aromatic N) is 1. The van der Waals surface area contributed by atoms with E-state index in [0.29, 0.717) is 12.5 Å². The predicted molar refractivity (Wildman–Crippen MR) is 72.0 cm³/mol. The van der Waals surface area contributed by atoms with Crippen LogP contribution in [0.25, 0.3) is 0 Å². The topological polar surface area (TPSA) is 46.3 Å². The number of amides is 1. The summed E-state index contributed by atoms with van der Waals surface area (Å²) >= 11 is 0. The third-order valence-corrected chi connectivity index (χ3v) is 4.56. The monoisotopic (exact) mass is 242 g/mol. The fourth-order valence-electron chi connectivity index (χ4n) is 3.44. The van der Waals surface area contributed by atoms with Crippen molar-refractivity contribution in [1.82, 2.24) is 4.90 Å². The van der Waals surface area contributed by atoms with Gasteiger partial charge in [0.1, 0.15) is 0 Å². The average molecular weight is 242 g/mol. The highest BCUT2D eigenvalue weighted by atomic mass is 16.2. The van der Waals surface area contributed by atoms with Crippen molar-refractivity contribution in [2.45, 2.75) is 12.3 Å². The fraction of sp³-hybridized carbons (Fsp3) is 0.400. The number of benzene rings is 1. The van der Waals surface area contributed by atoms with Crippen LogP contribution in [0.3, 0.4) is 0 Å². The highest BCUT2D eigenvalue weighted by Crippen LogP contribution is 2.63. The Morgan fingerprint density at radius 1 is 1.61 bits per heavy atom. The Balaban J connectivity index is 1.86. The van der Waals surface area contributed by atoms with Crippen molar-refractivity contribution in [1.29, 1.82) is 0 Å². The second-order valence-electron chi connectivity index (χ2n) is 5.52. The van der Waals surface area contributed by atoms with Crippen LogP contribution >= 0.6 is 0 Å². The molecule has 1 heterocycles. The Morgan fingerprint density at radius 3 is 2.94 bits per heavy atom. The van der Waals surface area contributed by atoms with Crippen molar-refractivity contribution in [2.75, 3.05) is 18.8 Å². The molecule has 1 aliphatic heterocycles. The molecule has 3 heteroatoms. The lowest BCUT2D eigenvalue weighted by Crippen LogP contribution is -2.33. The summed E-state index contributed by atoms with van der Waals surface area (Å²) in [7, 11) is 0. The lowest BCUT2D eigenvalue weighted by atomic mass is 9.92. The molecule has 1 aromatic rings. The van der Waals surface area contributed by atoms with Crippen molar-refractivity contribution < 1.29 is 4.79 Å². The van der Waals surface area contributed by atoms with Gasteiger partial charge < -0.3 is 10.6 Å². The maximum absolute atomic E-state index is 12.3. The van der Waals surface area contributed by atoms with E-state index in [1.54, 1.807) is 6.08 Å². The van der Waals surface area contributed by atoms with Gasteiger partial charge in [0.2, 0.25) is 5.91 Å². The maximum atomic E-state index is 12.3. The molecule has 1 saturated heterocycles. The lowest BCUT2D eigenvalue weighted by Gasteiger charge is -2.23. The molecule has 3 rings (SSSR count). The van der Waals surface area contributed by atoms with Crippen molar-refractivity contribution in [3.63, 3.8) is 0 Å². The van der Waals surface area contributed by atoms with Crippen molar-refractivity contribution in [2.24, 2.45) is 11.8 Å². The first-order chi connectivity index (χ1) is 8.59. The Bertz CT molecular complexity index is 525. The molecule has 2 aliphatic rings. The zero-order valence-electron chi connectivity index (χ0n) is 10.6. The molecule has 1 aliphatic carbocycles. The minimum Gasteiger partial charge on any atom is -0.399 e. The van der Waals surface area contributed by atoms with E-state index >= 15 is 0 Å². The van der Waals surface area contributed by atoms with Gasteiger partial charge in [-0.3, -0.25) is 4.79 Å². The van der Waals surface area contributed by atoms with Gasteiger partial charge in [-0.2, -0.15) is 0 Å². The van der Waals surface area contributed by atoms with Gasteiger partial charge in [0.15, 0.2) is 0 Å². The van der Waals surface area contributed by atoms with Crippen LogP contribution in [0.1, 0.15) is 12.5 Å². The van der Waals surface area contributed by atoms with Crippen LogP contribution in [0, 0.1) is 11.8 Å². The second-order valence-corrected chi connectivity index (χ2v) is 5.52. The summed E-state index contributed by atoms with van der Waals surface area (Å²) in [6, 6.07) is 7.94. The molecule has 3 nitrogen and oxygen atoms in total. The smallest absolute Gasteiger partial charge is 0.227 e. The van der Waals surface area contributed by atoms with Gasteiger partial charge in [-0.05, 0) is 23.6 Å². The molecule has 2 N–H and O–H groups in total. The van der Waals surface area contributed by atoms with E-state index in [4.69, 9.17) is 5.73 Å². The fourth-order valence-corrected chi connectivity index (χ4v) is 3.44. The van der Waals surface area contributed by atoms with E-state index in [2.05, 4.69) is 19.6 Å². The molecule has 0 spiro atoms. The molecular weight excluding hydrogens is 224 g/mol. The molecular formula is C15H18N2O. The minimum atomic E-state index is -0.00979. The number of carbonyl (C=O) groups excluding carboxylic acids is 1. The number of likely N-dealkylation sites (tertiary alicyclic amines) is 1. The third kappa shape index (κ3) is 1.33. The van der Waals surface area contributed by atoms with Crippen molar-refractivity contribution >= 4 is 11.6 Å². The van der Waals surface area contributed by atoms with E-state index in [1.165, 1.54) is 5.56 Å². The van der Waals surface area contributed by atoms with Gasteiger partial charge in [-0.15, -0.1) is 6.58 Å². The highest BCUT2D eigenvalue weighted by Gasteiger charge is 2.70. The van der Waals surface area contributed by atoms with Crippen LogP contribution in [0.4, 0.5) is 5.69 Å². The van der Waals surface area contributed by atoms with Crippen LogP contribution in [-0.2, 0) is 10.2 Å². The minimum absolute atomic E-state index is 0.00979. The van der Waals surface area contributed by atoms with Crippen LogP contribution in [0.2, 0.25) is 0 Å². The van der Waals surface area contributed by atoms with E-state index in [9.17, 15) is 4.79 Å². The standard InChI is InChI=1S/C15H18N2O/c1-3-7-17-9-12-13(14(17)18)15(12,2)10-5-4-6-11(16)8-10/h3-6,8,12-13H,1,7,9,16H2,2H3. The molecule has 3 atom stereocenters. The number of nitrogen functional groups attached to an aromatic ring is 1. The van der Waals surface area contributed by atoms with Gasteiger partial charge in [-0.1, -0.05) is 25.1 Å². The van der Waals surface area contributed by atoms with Crippen LogP contribution in [-0.4, -0.2) is 23.9 Å². The average Bonchev–Trinajstić information content (AvgIpc) is 2.78. The molecule has 1 amide bonds. The summed E-state index contributed by atoms with van der Waals surface area (Å²) in [5.74, 6) is 0.843. The zero-order chi connectivity index (χ0) is 12.9. The number of nitrogens with two attached hydrogens (primary N) is 1. The van der Waals surface area contributed by atoms with Gasteiger partial charge in [0, 0.05) is 24.2 Å². The van der Waals surface area contributed by atoms with E-state index in [1.807, 2.05) is 23.1 Å². The van der Waals surface area contributed by atoms with Gasteiger partial charge in [0.05, 0.1) is 5.92 Å². The molecule has 3 unspecified atom stereocenters. The number of anilines is 1. The molecule has 94 valence electrons. The Hall–Kier alpha value is -1.77. The highest BCUT2D eigenvalue weighted by molar-refractivity contribution is 5.88. The Morgan fingerprint density at radius 2 is 2.39 bits per heavy atom. The molecule has 2 fully saturated rings.